The summed E-state index contributed by atoms with van der Waals surface area (Å²) in [4.78, 5) is 59.0. The molecule has 1 aliphatic carbocycles. The number of nitrogens with zero attached hydrogens (tertiary/aromatic N) is 2. The van der Waals surface area contributed by atoms with Crippen molar-refractivity contribution in [1.82, 2.24) is 15.1 Å². The van der Waals surface area contributed by atoms with Crippen LogP contribution >= 0.6 is 11.6 Å². The quantitative estimate of drug-likeness (QED) is 0.153. The molecule has 2 aliphatic heterocycles. The fourth-order valence-corrected chi connectivity index (χ4v) is 9.06. The molecular weight excluding hydrogens is 788 g/mol. The normalized spacial score (nSPS) is 16.8. The van der Waals surface area contributed by atoms with Gasteiger partial charge in [0.25, 0.3) is 0 Å². The van der Waals surface area contributed by atoms with E-state index in [9.17, 15) is 19.2 Å². The third-order valence-electron chi connectivity index (χ3n) is 11.9. The molecule has 61 heavy (non-hydrogen) atoms. The highest BCUT2D eigenvalue weighted by Crippen LogP contribution is 2.44. The first-order valence-corrected chi connectivity index (χ1v) is 21.4. The Balaban J connectivity index is 0.938. The summed E-state index contributed by atoms with van der Waals surface area (Å²) in [6.07, 6.45) is 0.737. The minimum absolute atomic E-state index is 0.0492. The number of piperidine rings is 1. The molecule has 4 amide bonds. The Kier molecular flexibility index (Phi) is 12.2. The standard InChI is InChI=1S/C50H51ClN4O6/c1-50(2,3)61-49(59)55-30-35-13-5-4-12-34(35)29-45(55)46(56)52-44(28-32-20-22-36(51)23-21-32)47(57)54-26-24-33(25-27-54)37-14-10-11-19-43(37)53-48(58)60-31-42-40-17-8-6-15-38(40)39-16-7-9-18-41(39)42/h4-23,33,42,44-45H,24-31H2,1-3H3,(H,52,56)(H,53,58). The topological polar surface area (TPSA) is 117 Å². The molecule has 8 rings (SSSR count). The largest absolute Gasteiger partial charge is 0.448 e. The molecule has 11 heteroatoms. The highest BCUT2D eigenvalue weighted by Gasteiger charge is 2.39. The molecule has 10 nitrogen and oxygen atoms in total. The van der Waals surface area contributed by atoms with Gasteiger partial charge in [-0.15, -0.1) is 0 Å². The van der Waals surface area contributed by atoms with Gasteiger partial charge in [0.15, 0.2) is 0 Å². The molecule has 314 valence electrons. The summed E-state index contributed by atoms with van der Waals surface area (Å²) in [5.41, 5.74) is 8.29. The van der Waals surface area contributed by atoms with Crippen molar-refractivity contribution in [3.05, 3.63) is 160 Å². The third-order valence-corrected chi connectivity index (χ3v) is 12.2. The lowest BCUT2D eigenvalue weighted by Gasteiger charge is -2.38. The summed E-state index contributed by atoms with van der Waals surface area (Å²) in [6, 6.07) is 37.5. The maximum atomic E-state index is 14.5. The van der Waals surface area contributed by atoms with Crippen LogP contribution in [0.2, 0.25) is 5.02 Å². The first kappa shape index (κ1) is 41.6. The second kappa shape index (κ2) is 17.8. The number of amides is 4. The molecule has 0 saturated carbocycles. The van der Waals surface area contributed by atoms with Gasteiger partial charge in [0.1, 0.15) is 24.3 Å². The van der Waals surface area contributed by atoms with E-state index in [1.54, 1.807) is 37.8 Å². The molecule has 0 aromatic heterocycles. The predicted octanol–water partition coefficient (Wildman–Crippen LogP) is 9.50. The number of fused-ring (bicyclic) bond motifs is 4. The molecule has 1 fully saturated rings. The Bertz CT molecular complexity index is 2380. The molecule has 2 heterocycles. The fraction of sp³-hybridized carbons (Fsp3) is 0.320. The van der Waals surface area contributed by atoms with E-state index in [1.807, 2.05) is 84.9 Å². The van der Waals surface area contributed by atoms with E-state index in [4.69, 9.17) is 21.1 Å². The molecule has 0 radical (unpaired) electrons. The molecule has 2 N–H and O–H groups in total. The van der Waals surface area contributed by atoms with E-state index >= 15 is 0 Å². The number of nitrogens with one attached hydrogen (secondary N) is 2. The van der Waals surface area contributed by atoms with Gasteiger partial charge in [-0.05, 0) is 102 Å². The summed E-state index contributed by atoms with van der Waals surface area (Å²) in [6.45, 7) is 6.71. The van der Waals surface area contributed by atoms with Crippen molar-refractivity contribution >= 4 is 41.3 Å². The van der Waals surface area contributed by atoms with Gasteiger partial charge in [-0.3, -0.25) is 19.8 Å². The van der Waals surface area contributed by atoms with Crippen LogP contribution in [0.25, 0.3) is 11.1 Å². The SMILES string of the molecule is CC(C)(C)OC(=O)N1Cc2ccccc2CC1C(=O)NC(Cc1ccc(Cl)cc1)C(=O)N1CCC(c2ccccc2NC(=O)OCC2c3ccccc3-c3ccccc32)CC1. The van der Waals surface area contributed by atoms with Crippen molar-refractivity contribution in [2.24, 2.45) is 0 Å². The molecule has 5 aromatic carbocycles. The molecule has 0 bridgehead atoms. The number of halogens is 1. The number of likely N-dealkylation sites (tertiary alicyclic amines) is 1. The molecule has 1 saturated heterocycles. The Labute approximate surface area is 362 Å². The summed E-state index contributed by atoms with van der Waals surface area (Å²) in [5.74, 6) is -0.599. The maximum Gasteiger partial charge on any atom is 0.411 e. The van der Waals surface area contributed by atoms with E-state index in [-0.39, 0.29) is 43.7 Å². The van der Waals surface area contributed by atoms with Crippen molar-refractivity contribution in [2.45, 2.75) is 82.5 Å². The Morgan fingerprint density at radius 1 is 0.754 bits per heavy atom. The van der Waals surface area contributed by atoms with E-state index in [0.717, 1.165) is 33.4 Å². The second-order valence-electron chi connectivity index (χ2n) is 17.1. The summed E-state index contributed by atoms with van der Waals surface area (Å²) in [5, 5.41) is 6.65. The van der Waals surface area contributed by atoms with Gasteiger partial charge in [0.05, 0.1) is 6.54 Å². The highest BCUT2D eigenvalue weighted by atomic mass is 35.5. The molecule has 2 atom stereocenters. The van der Waals surface area contributed by atoms with Crippen LogP contribution in [0.3, 0.4) is 0 Å². The van der Waals surface area contributed by atoms with Gasteiger partial charge < -0.3 is 19.7 Å². The Morgan fingerprint density at radius 3 is 2.00 bits per heavy atom. The zero-order valence-electron chi connectivity index (χ0n) is 34.7. The summed E-state index contributed by atoms with van der Waals surface area (Å²) >= 11 is 6.21. The average molecular weight is 839 g/mol. The smallest absolute Gasteiger partial charge is 0.411 e. The van der Waals surface area contributed by atoms with Crippen LogP contribution in [0.1, 0.15) is 78.8 Å². The fourth-order valence-electron chi connectivity index (χ4n) is 8.94. The minimum Gasteiger partial charge on any atom is -0.448 e. The first-order valence-electron chi connectivity index (χ1n) is 21.0. The minimum atomic E-state index is -0.898. The lowest BCUT2D eigenvalue weighted by Crippen LogP contribution is -2.58. The van der Waals surface area contributed by atoms with Crippen molar-refractivity contribution in [2.75, 3.05) is 25.0 Å². The molecule has 2 unspecified atom stereocenters. The van der Waals surface area contributed by atoms with Crippen molar-refractivity contribution in [3.8, 4) is 11.1 Å². The molecule has 5 aromatic rings. The number of benzene rings is 5. The predicted molar refractivity (Wildman–Crippen MR) is 236 cm³/mol. The van der Waals surface area contributed by atoms with Crippen LogP contribution in [0.4, 0.5) is 15.3 Å². The zero-order chi connectivity index (χ0) is 42.7. The van der Waals surface area contributed by atoms with Gasteiger partial charge in [-0.25, -0.2) is 9.59 Å². The van der Waals surface area contributed by atoms with Gasteiger partial charge in [-0.2, -0.15) is 0 Å². The number of rotatable bonds is 9. The number of carbonyl (C=O) groups is 4. The van der Waals surface area contributed by atoms with Crippen LogP contribution in [0.5, 0.6) is 0 Å². The van der Waals surface area contributed by atoms with Crippen molar-refractivity contribution in [3.63, 3.8) is 0 Å². The summed E-state index contributed by atoms with van der Waals surface area (Å²) < 4.78 is 11.6. The average Bonchev–Trinajstić information content (AvgIpc) is 3.58. The number of ether oxygens (including phenoxy) is 2. The van der Waals surface area contributed by atoms with Crippen molar-refractivity contribution < 1.29 is 28.7 Å². The molecular formula is C50H51ClN4O6. The number of hydrogen-bond donors (Lipinski definition) is 2. The third kappa shape index (κ3) is 9.45. The Morgan fingerprint density at radius 2 is 1.34 bits per heavy atom. The van der Waals surface area contributed by atoms with E-state index in [0.29, 0.717) is 36.6 Å². The number of carbonyl (C=O) groups excluding carboxylic acids is 4. The van der Waals surface area contributed by atoms with Crippen LogP contribution < -0.4 is 10.6 Å². The van der Waals surface area contributed by atoms with Crippen LogP contribution in [0, 0.1) is 0 Å². The zero-order valence-corrected chi connectivity index (χ0v) is 35.5. The number of hydrogen-bond acceptors (Lipinski definition) is 6. The van der Waals surface area contributed by atoms with Crippen molar-refractivity contribution in [1.29, 1.82) is 0 Å². The van der Waals surface area contributed by atoms with Crippen LogP contribution in [-0.2, 0) is 38.4 Å². The van der Waals surface area contributed by atoms with Gasteiger partial charge in [-0.1, -0.05) is 115 Å². The summed E-state index contributed by atoms with van der Waals surface area (Å²) in [7, 11) is 0. The monoisotopic (exact) mass is 838 g/mol. The Hall–Kier alpha value is -6.13. The number of para-hydroxylation sites is 1. The van der Waals surface area contributed by atoms with Gasteiger partial charge in [0.2, 0.25) is 11.8 Å². The number of anilines is 1. The lowest BCUT2D eigenvalue weighted by molar-refractivity contribution is -0.138. The van der Waals surface area contributed by atoms with Gasteiger partial charge >= 0.3 is 12.2 Å². The molecule has 0 spiro atoms. The lowest BCUT2D eigenvalue weighted by atomic mass is 9.88. The maximum absolute atomic E-state index is 14.5. The van der Waals surface area contributed by atoms with E-state index in [1.165, 1.54) is 16.0 Å². The second-order valence-corrected chi connectivity index (χ2v) is 17.6. The van der Waals surface area contributed by atoms with Gasteiger partial charge in [0, 0.05) is 42.6 Å². The van der Waals surface area contributed by atoms with E-state index < -0.39 is 35.8 Å². The first-order chi connectivity index (χ1) is 29.4. The molecule has 3 aliphatic rings. The highest BCUT2D eigenvalue weighted by molar-refractivity contribution is 6.30. The van der Waals surface area contributed by atoms with Crippen LogP contribution in [0.15, 0.2) is 121 Å². The van der Waals surface area contributed by atoms with Crippen LogP contribution in [-0.4, -0.2) is 71.2 Å². The van der Waals surface area contributed by atoms with E-state index in [2.05, 4.69) is 34.9 Å².